The third-order valence-corrected chi connectivity index (χ3v) is 6.88. The molecule has 0 atom stereocenters. The highest BCUT2D eigenvalue weighted by Crippen LogP contribution is 2.33. The van der Waals surface area contributed by atoms with Crippen molar-refractivity contribution in [2.45, 2.75) is 26.8 Å². The van der Waals surface area contributed by atoms with E-state index in [0.29, 0.717) is 57.2 Å². The summed E-state index contributed by atoms with van der Waals surface area (Å²) in [5.41, 5.74) is 1.81. The SMILES string of the molecule is CNC(C)=C(C(C)=O)c1cc2cc(C(=O)N3CCC3)c(=O)n(CC(=O)c3ccc(Cl)cc3)c2cc1OC. The minimum absolute atomic E-state index is 0.0223. The van der Waals surface area contributed by atoms with Gasteiger partial charge in [0.05, 0.1) is 19.2 Å². The van der Waals surface area contributed by atoms with E-state index in [0.717, 1.165) is 6.42 Å². The number of likely N-dealkylation sites (tertiary alicyclic amines) is 1. The number of pyridine rings is 1. The maximum Gasteiger partial charge on any atom is 0.264 e. The first-order chi connectivity index (χ1) is 17.7. The van der Waals surface area contributed by atoms with E-state index in [4.69, 9.17) is 16.3 Å². The Bertz CT molecular complexity index is 1500. The second-order valence-electron chi connectivity index (χ2n) is 8.94. The molecule has 8 nitrogen and oxygen atoms in total. The van der Waals surface area contributed by atoms with Gasteiger partial charge in [-0.3, -0.25) is 23.7 Å². The Morgan fingerprint density at radius 1 is 1.03 bits per heavy atom. The van der Waals surface area contributed by atoms with E-state index in [2.05, 4.69) is 5.32 Å². The van der Waals surface area contributed by atoms with Crippen molar-refractivity contribution in [3.63, 3.8) is 0 Å². The van der Waals surface area contributed by atoms with E-state index in [1.54, 1.807) is 55.3 Å². The molecule has 1 N–H and O–H groups in total. The van der Waals surface area contributed by atoms with Gasteiger partial charge in [-0.05, 0) is 56.7 Å². The average molecular weight is 522 g/mol. The summed E-state index contributed by atoms with van der Waals surface area (Å²) in [4.78, 5) is 54.1. The van der Waals surface area contributed by atoms with Crippen LogP contribution < -0.4 is 15.6 Å². The molecule has 1 fully saturated rings. The molecule has 4 rings (SSSR count). The van der Waals surface area contributed by atoms with Gasteiger partial charge in [0.1, 0.15) is 11.3 Å². The van der Waals surface area contributed by atoms with Crippen molar-refractivity contribution in [1.29, 1.82) is 0 Å². The van der Waals surface area contributed by atoms with Crippen molar-refractivity contribution in [2.75, 3.05) is 27.2 Å². The second-order valence-corrected chi connectivity index (χ2v) is 9.38. The number of nitrogens with one attached hydrogen (secondary N) is 1. The number of hydrogen-bond acceptors (Lipinski definition) is 6. The number of aromatic nitrogens is 1. The molecule has 1 aliphatic rings. The van der Waals surface area contributed by atoms with E-state index < -0.39 is 5.56 Å². The summed E-state index contributed by atoms with van der Waals surface area (Å²) in [6.45, 7) is 4.11. The largest absolute Gasteiger partial charge is 0.496 e. The number of nitrogens with zero attached hydrogens (tertiary/aromatic N) is 2. The molecule has 2 aromatic carbocycles. The molecule has 0 aliphatic carbocycles. The van der Waals surface area contributed by atoms with E-state index in [9.17, 15) is 19.2 Å². The molecule has 0 saturated carbocycles. The number of fused-ring (bicyclic) bond motifs is 1. The maximum atomic E-state index is 13.6. The fourth-order valence-corrected chi connectivity index (χ4v) is 4.55. The van der Waals surface area contributed by atoms with Crippen molar-refractivity contribution < 1.29 is 19.1 Å². The minimum Gasteiger partial charge on any atom is -0.496 e. The molecule has 37 heavy (non-hydrogen) atoms. The number of Topliss-reactive ketones (excluding diaryl/α,β-unsaturated/α-hetero) is 2. The Morgan fingerprint density at radius 3 is 2.22 bits per heavy atom. The Labute approximate surface area is 219 Å². The molecule has 0 spiro atoms. The third kappa shape index (κ3) is 5.02. The van der Waals surface area contributed by atoms with Gasteiger partial charge in [0.15, 0.2) is 11.6 Å². The summed E-state index contributed by atoms with van der Waals surface area (Å²) in [5, 5.41) is 4.03. The van der Waals surface area contributed by atoms with Gasteiger partial charge >= 0.3 is 0 Å². The number of carbonyl (C=O) groups is 3. The lowest BCUT2D eigenvalue weighted by Crippen LogP contribution is -2.44. The molecular formula is C28H28ClN3O5. The molecule has 9 heteroatoms. The van der Waals surface area contributed by atoms with Crippen LogP contribution in [0.1, 0.15) is 46.5 Å². The number of halogens is 1. The van der Waals surface area contributed by atoms with Crippen molar-refractivity contribution in [3.8, 4) is 5.75 Å². The van der Waals surface area contributed by atoms with Crippen LogP contribution >= 0.6 is 11.6 Å². The molecule has 1 amide bonds. The number of ether oxygens (including phenoxy) is 1. The van der Waals surface area contributed by atoms with Gasteiger partial charge in [0, 0.05) is 59.0 Å². The fourth-order valence-electron chi connectivity index (χ4n) is 4.42. The Balaban J connectivity index is 1.97. The smallest absolute Gasteiger partial charge is 0.264 e. The summed E-state index contributed by atoms with van der Waals surface area (Å²) in [5.74, 6) is -0.502. The monoisotopic (exact) mass is 521 g/mol. The van der Waals surface area contributed by atoms with Crippen LogP contribution in [0.3, 0.4) is 0 Å². The van der Waals surface area contributed by atoms with Crippen molar-refractivity contribution in [3.05, 3.63) is 80.2 Å². The average Bonchev–Trinajstić information content (AvgIpc) is 2.84. The Kier molecular flexibility index (Phi) is 7.50. The number of rotatable bonds is 8. The predicted molar refractivity (Wildman–Crippen MR) is 143 cm³/mol. The first-order valence-corrected chi connectivity index (χ1v) is 12.3. The minimum atomic E-state index is -0.560. The van der Waals surface area contributed by atoms with Crippen LogP contribution in [0.4, 0.5) is 0 Å². The predicted octanol–water partition coefficient (Wildman–Crippen LogP) is 3.93. The summed E-state index contributed by atoms with van der Waals surface area (Å²) in [7, 11) is 3.19. The molecule has 0 unspecified atom stereocenters. The van der Waals surface area contributed by atoms with Crippen LogP contribution in [0.2, 0.25) is 5.02 Å². The summed E-state index contributed by atoms with van der Waals surface area (Å²) >= 11 is 5.96. The van der Waals surface area contributed by atoms with E-state index in [-0.39, 0.29) is 29.6 Å². The number of methoxy groups -OCH3 is 1. The molecule has 3 aromatic rings. The van der Waals surface area contributed by atoms with Gasteiger partial charge in [-0.2, -0.15) is 0 Å². The van der Waals surface area contributed by atoms with Gasteiger partial charge in [-0.1, -0.05) is 11.6 Å². The highest BCUT2D eigenvalue weighted by Gasteiger charge is 2.27. The van der Waals surface area contributed by atoms with Crippen LogP contribution in [0.5, 0.6) is 5.75 Å². The van der Waals surface area contributed by atoms with Gasteiger partial charge < -0.3 is 15.0 Å². The molecule has 1 aromatic heterocycles. The lowest BCUT2D eigenvalue weighted by molar-refractivity contribution is -0.111. The standard InChI is InChI=1S/C28H28ClN3O5/c1-16(30-3)26(17(2)33)21-12-19-13-22(27(35)31-10-5-11-31)28(36)32(23(19)14-25(21)37-4)15-24(34)18-6-8-20(29)9-7-18/h6-9,12-14,30H,5,10-11,15H2,1-4H3. The van der Waals surface area contributed by atoms with Crippen LogP contribution in [0.25, 0.3) is 16.5 Å². The molecule has 1 saturated heterocycles. The van der Waals surface area contributed by atoms with E-state index in [1.807, 2.05) is 0 Å². The first-order valence-electron chi connectivity index (χ1n) is 11.9. The molecular weight excluding hydrogens is 494 g/mol. The van der Waals surface area contributed by atoms with E-state index >= 15 is 0 Å². The molecule has 1 aliphatic heterocycles. The van der Waals surface area contributed by atoms with Crippen molar-refractivity contribution in [2.24, 2.45) is 0 Å². The lowest BCUT2D eigenvalue weighted by Gasteiger charge is -2.31. The zero-order valence-corrected chi connectivity index (χ0v) is 21.9. The molecule has 0 bridgehead atoms. The third-order valence-electron chi connectivity index (χ3n) is 6.63. The van der Waals surface area contributed by atoms with E-state index in [1.165, 1.54) is 24.7 Å². The number of ketones is 2. The molecule has 192 valence electrons. The normalized spacial score (nSPS) is 13.6. The maximum absolute atomic E-state index is 13.6. The fraction of sp³-hybridized carbons (Fsp3) is 0.286. The number of carbonyl (C=O) groups excluding carboxylic acids is 3. The van der Waals surface area contributed by atoms with Crippen molar-refractivity contribution >= 4 is 45.6 Å². The second kappa shape index (κ2) is 10.6. The highest BCUT2D eigenvalue weighted by atomic mass is 35.5. The molecule has 0 radical (unpaired) electrons. The summed E-state index contributed by atoms with van der Waals surface area (Å²) in [6.07, 6.45) is 0.875. The van der Waals surface area contributed by atoms with Gasteiger partial charge in [-0.25, -0.2) is 0 Å². The van der Waals surface area contributed by atoms with Gasteiger partial charge in [0.2, 0.25) is 0 Å². The van der Waals surface area contributed by atoms with Crippen molar-refractivity contribution in [1.82, 2.24) is 14.8 Å². The van der Waals surface area contributed by atoms with Gasteiger partial charge in [0.25, 0.3) is 11.5 Å². The Morgan fingerprint density at radius 2 is 1.68 bits per heavy atom. The zero-order valence-electron chi connectivity index (χ0n) is 21.2. The number of allylic oxidation sites excluding steroid dienone is 2. The van der Waals surface area contributed by atoms with Gasteiger partial charge in [-0.15, -0.1) is 0 Å². The summed E-state index contributed by atoms with van der Waals surface area (Å²) < 4.78 is 6.91. The van der Waals surface area contributed by atoms with Crippen LogP contribution in [-0.4, -0.2) is 54.2 Å². The number of amides is 1. The van der Waals surface area contributed by atoms with Crippen LogP contribution in [0.15, 0.2) is 53.0 Å². The lowest BCUT2D eigenvalue weighted by atomic mass is 9.96. The summed E-state index contributed by atoms with van der Waals surface area (Å²) in [6, 6.07) is 11.3. The number of hydrogen-bond donors (Lipinski definition) is 1. The Hall–Kier alpha value is -3.91. The zero-order chi connectivity index (χ0) is 26.9. The highest BCUT2D eigenvalue weighted by molar-refractivity contribution is 6.30. The quantitative estimate of drug-likeness (QED) is 0.356. The molecule has 2 heterocycles. The van der Waals surface area contributed by atoms with Crippen LogP contribution in [0, 0.1) is 0 Å². The van der Waals surface area contributed by atoms with Crippen LogP contribution in [-0.2, 0) is 11.3 Å². The first kappa shape index (κ1) is 26.2. The number of benzene rings is 2. The topological polar surface area (TPSA) is 97.7 Å².